The molecule has 19 heavy (non-hydrogen) atoms. The number of aliphatic hydroxyl groups is 1. The van der Waals surface area contributed by atoms with E-state index in [9.17, 15) is 8.42 Å². The van der Waals surface area contributed by atoms with Crippen molar-refractivity contribution in [1.29, 1.82) is 0 Å². The van der Waals surface area contributed by atoms with Gasteiger partial charge in [-0.15, -0.1) is 0 Å². The van der Waals surface area contributed by atoms with Crippen molar-refractivity contribution in [2.75, 3.05) is 13.1 Å². The molecule has 0 amide bonds. The Morgan fingerprint density at radius 1 is 1.47 bits per heavy atom. The molecule has 5 nitrogen and oxygen atoms in total. The maximum absolute atomic E-state index is 12.6. The predicted octanol–water partition coefficient (Wildman–Crippen LogP) is 1.89. The zero-order valence-electron chi connectivity index (χ0n) is 11.4. The van der Waals surface area contributed by atoms with E-state index in [1.807, 2.05) is 6.92 Å². The van der Waals surface area contributed by atoms with Crippen LogP contribution in [-0.2, 0) is 16.6 Å². The van der Waals surface area contributed by atoms with E-state index in [2.05, 4.69) is 0 Å². The third-order valence-corrected chi connectivity index (χ3v) is 5.78. The van der Waals surface area contributed by atoms with Gasteiger partial charge in [-0.3, -0.25) is 0 Å². The number of hydrogen-bond donors (Lipinski definition) is 1. The van der Waals surface area contributed by atoms with Crippen molar-refractivity contribution in [3.63, 3.8) is 0 Å². The molecular formula is C13H21NO4S. The molecule has 1 fully saturated rings. The standard InChI is InChI=1S/C13H21NO4S/c1-3-14(8-11-5-4-6-11)19(16,17)13-7-12(9-15)18-10(13)2/h7,11,15H,3-6,8-9H2,1-2H3. The summed E-state index contributed by atoms with van der Waals surface area (Å²) in [6, 6.07) is 1.42. The molecule has 1 N–H and O–H groups in total. The van der Waals surface area contributed by atoms with Crippen LogP contribution in [0.4, 0.5) is 0 Å². The van der Waals surface area contributed by atoms with Crippen molar-refractivity contribution in [2.24, 2.45) is 5.92 Å². The van der Waals surface area contributed by atoms with Crippen LogP contribution in [-0.4, -0.2) is 30.9 Å². The first-order valence-electron chi connectivity index (χ1n) is 6.69. The topological polar surface area (TPSA) is 70.8 Å². The van der Waals surface area contributed by atoms with E-state index in [0.717, 1.165) is 12.8 Å². The minimum Gasteiger partial charge on any atom is -0.462 e. The molecule has 1 saturated carbocycles. The second kappa shape index (κ2) is 5.64. The normalized spacial score (nSPS) is 16.8. The number of hydrogen-bond acceptors (Lipinski definition) is 4. The summed E-state index contributed by atoms with van der Waals surface area (Å²) in [5.41, 5.74) is 0. The minimum atomic E-state index is -3.51. The fraction of sp³-hybridized carbons (Fsp3) is 0.692. The van der Waals surface area contributed by atoms with Gasteiger partial charge in [-0.1, -0.05) is 13.3 Å². The number of aryl methyl sites for hydroxylation is 1. The van der Waals surface area contributed by atoms with Crippen LogP contribution in [0, 0.1) is 12.8 Å². The maximum Gasteiger partial charge on any atom is 0.246 e. The molecule has 1 aromatic heterocycles. The number of aliphatic hydroxyl groups excluding tert-OH is 1. The Balaban J connectivity index is 2.24. The SMILES string of the molecule is CCN(CC1CCC1)S(=O)(=O)c1cc(CO)oc1C. The quantitative estimate of drug-likeness (QED) is 0.867. The molecule has 0 radical (unpaired) electrons. The molecule has 1 heterocycles. The lowest BCUT2D eigenvalue weighted by molar-refractivity contribution is 0.244. The number of rotatable bonds is 6. The van der Waals surface area contributed by atoms with Crippen LogP contribution >= 0.6 is 0 Å². The zero-order valence-corrected chi connectivity index (χ0v) is 12.2. The van der Waals surface area contributed by atoms with Crippen LogP contribution < -0.4 is 0 Å². The Kier molecular flexibility index (Phi) is 4.32. The summed E-state index contributed by atoms with van der Waals surface area (Å²) in [5.74, 6) is 1.12. The smallest absolute Gasteiger partial charge is 0.246 e. The molecule has 0 aromatic carbocycles. The minimum absolute atomic E-state index is 0.178. The van der Waals surface area contributed by atoms with E-state index in [0.29, 0.717) is 24.8 Å². The lowest BCUT2D eigenvalue weighted by Gasteiger charge is -2.31. The monoisotopic (exact) mass is 287 g/mol. The van der Waals surface area contributed by atoms with Crippen LogP contribution in [0.25, 0.3) is 0 Å². The Hall–Kier alpha value is -0.850. The van der Waals surface area contributed by atoms with E-state index >= 15 is 0 Å². The summed E-state index contributed by atoms with van der Waals surface area (Å²) in [6.07, 6.45) is 3.41. The van der Waals surface area contributed by atoms with Crippen LogP contribution in [0.3, 0.4) is 0 Å². The fourth-order valence-corrected chi connectivity index (χ4v) is 4.07. The molecule has 0 aliphatic heterocycles. The molecule has 0 spiro atoms. The van der Waals surface area contributed by atoms with Gasteiger partial charge in [0.2, 0.25) is 10.0 Å². The highest BCUT2D eigenvalue weighted by atomic mass is 32.2. The summed E-state index contributed by atoms with van der Waals surface area (Å²) in [7, 11) is -3.51. The average molecular weight is 287 g/mol. The Morgan fingerprint density at radius 2 is 2.16 bits per heavy atom. The van der Waals surface area contributed by atoms with Crippen molar-refractivity contribution in [3.8, 4) is 0 Å². The molecule has 0 unspecified atom stereocenters. The second-order valence-corrected chi connectivity index (χ2v) is 6.95. The Labute approximate surface area is 114 Å². The van der Waals surface area contributed by atoms with Crippen molar-refractivity contribution in [1.82, 2.24) is 4.31 Å². The molecule has 2 rings (SSSR count). The van der Waals surface area contributed by atoms with Crippen molar-refractivity contribution < 1.29 is 17.9 Å². The molecule has 6 heteroatoms. The van der Waals surface area contributed by atoms with Crippen LogP contribution in [0.15, 0.2) is 15.4 Å². The largest absolute Gasteiger partial charge is 0.462 e. The second-order valence-electron chi connectivity index (χ2n) is 5.04. The molecule has 0 atom stereocenters. The first-order valence-corrected chi connectivity index (χ1v) is 8.13. The average Bonchev–Trinajstić information content (AvgIpc) is 2.69. The highest BCUT2D eigenvalue weighted by molar-refractivity contribution is 7.89. The number of furan rings is 1. The Morgan fingerprint density at radius 3 is 2.58 bits per heavy atom. The first-order chi connectivity index (χ1) is 8.98. The van der Waals surface area contributed by atoms with Gasteiger partial charge < -0.3 is 9.52 Å². The lowest BCUT2D eigenvalue weighted by Crippen LogP contribution is -2.37. The van der Waals surface area contributed by atoms with Gasteiger partial charge >= 0.3 is 0 Å². The molecule has 0 bridgehead atoms. The van der Waals surface area contributed by atoms with Gasteiger partial charge in [0, 0.05) is 19.2 Å². The fourth-order valence-electron chi connectivity index (χ4n) is 2.36. The van der Waals surface area contributed by atoms with Crippen LogP contribution in [0.5, 0.6) is 0 Å². The van der Waals surface area contributed by atoms with Gasteiger partial charge in [-0.25, -0.2) is 8.42 Å². The molecule has 1 aromatic rings. The van der Waals surface area contributed by atoms with Gasteiger partial charge in [0.05, 0.1) is 0 Å². The summed E-state index contributed by atoms with van der Waals surface area (Å²) < 4.78 is 31.9. The van der Waals surface area contributed by atoms with E-state index in [1.165, 1.54) is 16.8 Å². The molecule has 1 aliphatic rings. The molecule has 1 aliphatic carbocycles. The summed E-state index contributed by atoms with van der Waals surface area (Å²) >= 11 is 0. The van der Waals surface area contributed by atoms with Gasteiger partial charge in [0.1, 0.15) is 23.0 Å². The zero-order chi connectivity index (χ0) is 14.0. The van der Waals surface area contributed by atoms with Crippen molar-refractivity contribution >= 4 is 10.0 Å². The molecular weight excluding hydrogens is 266 g/mol. The van der Waals surface area contributed by atoms with Crippen LogP contribution in [0.2, 0.25) is 0 Å². The lowest BCUT2D eigenvalue weighted by atomic mass is 9.85. The van der Waals surface area contributed by atoms with E-state index in [4.69, 9.17) is 9.52 Å². The van der Waals surface area contributed by atoms with Gasteiger partial charge in [-0.2, -0.15) is 4.31 Å². The van der Waals surface area contributed by atoms with Gasteiger partial charge in [0.25, 0.3) is 0 Å². The predicted molar refractivity (Wildman–Crippen MR) is 71.1 cm³/mol. The summed E-state index contributed by atoms with van der Waals surface area (Å²) in [4.78, 5) is 0.178. The maximum atomic E-state index is 12.6. The van der Waals surface area contributed by atoms with Crippen LogP contribution in [0.1, 0.15) is 37.7 Å². The highest BCUT2D eigenvalue weighted by Gasteiger charge is 2.31. The number of sulfonamides is 1. The van der Waals surface area contributed by atoms with Gasteiger partial charge in [0.15, 0.2) is 0 Å². The Bertz CT molecular complexity index is 531. The molecule has 0 saturated heterocycles. The summed E-state index contributed by atoms with van der Waals surface area (Å²) in [5, 5.41) is 9.03. The third-order valence-electron chi connectivity index (χ3n) is 3.74. The summed E-state index contributed by atoms with van der Waals surface area (Å²) in [6.45, 7) is 4.21. The molecule has 108 valence electrons. The van der Waals surface area contributed by atoms with E-state index in [1.54, 1.807) is 6.92 Å². The van der Waals surface area contributed by atoms with Crippen molar-refractivity contribution in [2.45, 2.75) is 44.6 Å². The first kappa shape index (κ1) is 14.6. The van der Waals surface area contributed by atoms with Crippen molar-refractivity contribution in [3.05, 3.63) is 17.6 Å². The van der Waals surface area contributed by atoms with E-state index in [-0.39, 0.29) is 17.3 Å². The van der Waals surface area contributed by atoms with Gasteiger partial charge in [-0.05, 0) is 25.7 Å². The van der Waals surface area contributed by atoms with E-state index < -0.39 is 10.0 Å². The number of nitrogens with zero attached hydrogens (tertiary/aromatic N) is 1. The highest BCUT2D eigenvalue weighted by Crippen LogP contribution is 2.30. The third kappa shape index (κ3) is 2.85.